The Balaban J connectivity index is 1.60. The molecule has 180 valence electrons. The standard InChI is InChI=1S/C25H34N2O5S/c1-24-11-5-6-16-32-23(31)19(24)18-21(29)27(14-8-15-28)20-22(30)26(17-9-3-2-4-10-17)13-7-12-25(18,20)33-24/h5,7,11-12,17-20,28H,2-4,6,8-10,13-16H2,1H3/t18-,19+,20?,24-,25-/m0/s1. The Morgan fingerprint density at radius 1 is 1.09 bits per heavy atom. The molecule has 5 aliphatic rings. The number of thioether (sulfide) groups is 1. The first kappa shape index (κ1) is 23.0. The van der Waals surface area contributed by atoms with E-state index in [9.17, 15) is 19.5 Å². The van der Waals surface area contributed by atoms with Crippen molar-refractivity contribution >= 4 is 29.5 Å². The monoisotopic (exact) mass is 474 g/mol. The van der Waals surface area contributed by atoms with E-state index in [0.29, 0.717) is 32.5 Å². The number of esters is 1. The molecular weight excluding hydrogens is 440 g/mol. The van der Waals surface area contributed by atoms with Gasteiger partial charge in [-0.15, -0.1) is 11.8 Å². The van der Waals surface area contributed by atoms with Crippen LogP contribution in [-0.2, 0) is 19.1 Å². The number of fused-ring (bicyclic) bond motifs is 2. The zero-order chi connectivity index (χ0) is 23.2. The Kier molecular flexibility index (Phi) is 6.10. The van der Waals surface area contributed by atoms with Gasteiger partial charge in [0, 0.05) is 30.5 Å². The Morgan fingerprint density at radius 3 is 2.64 bits per heavy atom. The molecule has 1 N–H and O–H groups in total. The molecule has 33 heavy (non-hydrogen) atoms. The molecule has 1 aliphatic carbocycles. The summed E-state index contributed by atoms with van der Waals surface area (Å²) in [6.45, 7) is 3.11. The number of amides is 2. The summed E-state index contributed by atoms with van der Waals surface area (Å²) in [7, 11) is 0. The fraction of sp³-hybridized carbons (Fsp3) is 0.720. The van der Waals surface area contributed by atoms with E-state index < -0.39 is 27.4 Å². The number of carbonyl (C=O) groups excluding carboxylic acids is 3. The third-order valence-corrected chi connectivity index (χ3v) is 9.92. The Morgan fingerprint density at radius 2 is 1.88 bits per heavy atom. The van der Waals surface area contributed by atoms with Gasteiger partial charge in [-0.3, -0.25) is 14.4 Å². The molecule has 0 bridgehead atoms. The molecule has 4 heterocycles. The molecule has 1 unspecified atom stereocenters. The van der Waals surface area contributed by atoms with Crippen LogP contribution in [-0.4, -0.2) is 80.6 Å². The van der Waals surface area contributed by atoms with Gasteiger partial charge in [0.1, 0.15) is 6.04 Å². The molecule has 5 atom stereocenters. The van der Waals surface area contributed by atoms with Crippen LogP contribution >= 0.6 is 11.8 Å². The van der Waals surface area contributed by atoms with Gasteiger partial charge in [-0.2, -0.15) is 0 Å². The summed E-state index contributed by atoms with van der Waals surface area (Å²) in [5.41, 5.74) is 0. The number of nitrogens with zero attached hydrogens (tertiary/aromatic N) is 2. The normalized spacial score (nSPS) is 39.0. The highest BCUT2D eigenvalue weighted by molar-refractivity contribution is 8.02. The maximum atomic E-state index is 14.2. The fourth-order valence-electron chi connectivity index (χ4n) is 6.71. The van der Waals surface area contributed by atoms with Crippen molar-refractivity contribution in [2.45, 2.75) is 73.4 Å². The first-order valence-electron chi connectivity index (χ1n) is 12.4. The third-order valence-electron chi connectivity index (χ3n) is 8.12. The van der Waals surface area contributed by atoms with Gasteiger partial charge in [0.2, 0.25) is 11.8 Å². The summed E-state index contributed by atoms with van der Waals surface area (Å²) >= 11 is 1.59. The fourth-order valence-corrected chi connectivity index (χ4v) is 8.86. The SMILES string of the molecule is C[C@]12C=CCCOC(=O)[C@H]1[C@H]1C(=O)N(CCCO)C3C(=O)N(C4CCCCC4)CC=C[C@@]31S2. The van der Waals surface area contributed by atoms with Gasteiger partial charge in [0.25, 0.3) is 0 Å². The highest BCUT2D eigenvalue weighted by Crippen LogP contribution is 2.65. The molecule has 0 radical (unpaired) electrons. The Hall–Kier alpha value is -1.80. The van der Waals surface area contributed by atoms with Gasteiger partial charge in [-0.25, -0.2) is 0 Å². The summed E-state index contributed by atoms with van der Waals surface area (Å²) in [6.07, 6.45) is 14.7. The number of hydrogen-bond donors (Lipinski definition) is 1. The number of cyclic esters (lactones) is 1. The molecular formula is C25H34N2O5S. The van der Waals surface area contributed by atoms with Crippen LogP contribution in [0.25, 0.3) is 0 Å². The van der Waals surface area contributed by atoms with Crippen LogP contribution in [0.5, 0.6) is 0 Å². The lowest BCUT2D eigenvalue weighted by molar-refractivity contribution is -0.154. The summed E-state index contributed by atoms with van der Waals surface area (Å²) < 4.78 is 4.11. The van der Waals surface area contributed by atoms with Crippen LogP contribution in [0.15, 0.2) is 24.3 Å². The lowest BCUT2D eigenvalue weighted by Crippen LogP contribution is -2.55. The van der Waals surface area contributed by atoms with Gasteiger partial charge in [0.15, 0.2) is 0 Å². The number of carbonyl (C=O) groups is 3. The molecule has 0 aromatic carbocycles. The quantitative estimate of drug-likeness (QED) is 0.497. The number of aliphatic hydroxyl groups excluding tert-OH is 1. The zero-order valence-electron chi connectivity index (χ0n) is 19.3. The van der Waals surface area contributed by atoms with E-state index in [-0.39, 0.29) is 30.4 Å². The van der Waals surface area contributed by atoms with Crippen LogP contribution in [0, 0.1) is 11.8 Å². The third kappa shape index (κ3) is 3.55. The summed E-state index contributed by atoms with van der Waals surface area (Å²) in [5.74, 6) is -1.82. The molecule has 8 heteroatoms. The van der Waals surface area contributed by atoms with Gasteiger partial charge in [-0.05, 0) is 32.6 Å². The zero-order valence-corrected chi connectivity index (χ0v) is 20.1. The highest BCUT2D eigenvalue weighted by Gasteiger charge is 2.73. The number of likely N-dealkylation sites (tertiary alicyclic amines) is 1. The predicted octanol–water partition coefficient (Wildman–Crippen LogP) is 2.29. The average Bonchev–Trinajstić information content (AvgIpc) is 3.11. The number of rotatable bonds is 4. The van der Waals surface area contributed by atoms with Gasteiger partial charge >= 0.3 is 5.97 Å². The van der Waals surface area contributed by atoms with E-state index in [2.05, 4.69) is 12.2 Å². The molecule has 4 aliphatic heterocycles. The first-order chi connectivity index (χ1) is 15.9. The van der Waals surface area contributed by atoms with Crippen molar-refractivity contribution in [2.24, 2.45) is 11.8 Å². The van der Waals surface area contributed by atoms with Crippen molar-refractivity contribution in [3.8, 4) is 0 Å². The summed E-state index contributed by atoms with van der Waals surface area (Å²) in [6, 6.07) is -0.473. The van der Waals surface area contributed by atoms with Crippen molar-refractivity contribution in [1.29, 1.82) is 0 Å². The van der Waals surface area contributed by atoms with E-state index in [4.69, 9.17) is 4.74 Å². The molecule has 1 saturated carbocycles. The molecule has 2 amide bonds. The molecule has 0 aromatic rings. The molecule has 1 spiro atoms. The lowest BCUT2D eigenvalue weighted by atomic mass is 9.74. The van der Waals surface area contributed by atoms with E-state index in [1.54, 1.807) is 16.7 Å². The minimum Gasteiger partial charge on any atom is -0.465 e. The van der Waals surface area contributed by atoms with Crippen molar-refractivity contribution in [2.75, 3.05) is 26.3 Å². The van der Waals surface area contributed by atoms with Crippen LogP contribution in [0.1, 0.15) is 51.9 Å². The second kappa shape index (κ2) is 8.77. The summed E-state index contributed by atoms with van der Waals surface area (Å²) in [4.78, 5) is 45.0. The lowest BCUT2D eigenvalue weighted by Gasteiger charge is -2.40. The molecule has 7 nitrogen and oxygen atoms in total. The van der Waals surface area contributed by atoms with Crippen LogP contribution in [0.3, 0.4) is 0 Å². The second-order valence-electron chi connectivity index (χ2n) is 10.1. The number of hydrogen-bond acceptors (Lipinski definition) is 6. The minimum atomic E-state index is -0.819. The van der Waals surface area contributed by atoms with Crippen molar-refractivity contribution in [1.82, 2.24) is 9.80 Å². The summed E-state index contributed by atoms with van der Waals surface area (Å²) in [5, 5.41) is 9.49. The maximum absolute atomic E-state index is 14.2. The number of aliphatic hydroxyl groups is 1. The van der Waals surface area contributed by atoms with Crippen LogP contribution < -0.4 is 0 Å². The average molecular weight is 475 g/mol. The molecule has 0 aromatic heterocycles. The topological polar surface area (TPSA) is 87.1 Å². The highest BCUT2D eigenvalue weighted by atomic mass is 32.2. The smallest absolute Gasteiger partial charge is 0.311 e. The largest absolute Gasteiger partial charge is 0.465 e. The minimum absolute atomic E-state index is 0.0107. The second-order valence-corrected chi connectivity index (χ2v) is 11.9. The molecule has 2 saturated heterocycles. The van der Waals surface area contributed by atoms with Crippen molar-refractivity contribution < 1.29 is 24.2 Å². The van der Waals surface area contributed by atoms with E-state index in [0.717, 1.165) is 25.7 Å². The van der Waals surface area contributed by atoms with Gasteiger partial charge in [0.05, 0.1) is 23.2 Å². The van der Waals surface area contributed by atoms with E-state index >= 15 is 0 Å². The maximum Gasteiger partial charge on any atom is 0.311 e. The van der Waals surface area contributed by atoms with Crippen molar-refractivity contribution in [3.05, 3.63) is 24.3 Å². The molecule has 3 fully saturated rings. The predicted molar refractivity (Wildman–Crippen MR) is 125 cm³/mol. The first-order valence-corrected chi connectivity index (χ1v) is 13.2. The van der Waals surface area contributed by atoms with Crippen LogP contribution in [0.4, 0.5) is 0 Å². The Bertz CT molecular complexity index is 884. The van der Waals surface area contributed by atoms with Gasteiger partial charge < -0.3 is 19.6 Å². The number of ether oxygens (including phenoxy) is 1. The van der Waals surface area contributed by atoms with E-state index in [1.807, 2.05) is 24.0 Å². The molecule has 5 rings (SSSR count). The van der Waals surface area contributed by atoms with Crippen molar-refractivity contribution in [3.63, 3.8) is 0 Å². The van der Waals surface area contributed by atoms with Gasteiger partial charge in [-0.1, -0.05) is 43.6 Å². The van der Waals surface area contributed by atoms with E-state index in [1.165, 1.54) is 6.42 Å². The van der Waals surface area contributed by atoms with Crippen LogP contribution in [0.2, 0.25) is 0 Å². The Labute approximate surface area is 199 Å².